The summed E-state index contributed by atoms with van der Waals surface area (Å²) in [5.74, 6) is 0.811. The highest BCUT2D eigenvalue weighted by molar-refractivity contribution is 6.30. The van der Waals surface area contributed by atoms with Crippen molar-refractivity contribution in [2.75, 3.05) is 26.2 Å². The van der Waals surface area contributed by atoms with E-state index in [4.69, 9.17) is 21.1 Å². The van der Waals surface area contributed by atoms with Crippen molar-refractivity contribution >= 4 is 17.5 Å². The van der Waals surface area contributed by atoms with Gasteiger partial charge in [0.2, 0.25) is 6.10 Å². The zero-order valence-corrected chi connectivity index (χ0v) is 16.4. The summed E-state index contributed by atoms with van der Waals surface area (Å²) in [6.07, 6.45) is -0.653. The smallest absolute Gasteiger partial charge is 0.267 e. The maximum Gasteiger partial charge on any atom is 0.267 e. The molecule has 5 nitrogen and oxygen atoms in total. The SMILES string of the molecule is C[C@@H]1CN(Cc2ccc(F)cc2)CCN1C(=O)C1COc2cc(Cl)ccc2O1. The molecule has 1 fully saturated rings. The molecule has 2 aromatic rings. The second-order valence-corrected chi connectivity index (χ2v) is 7.69. The van der Waals surface area contributed by atoms with Crippen molar-refractivity contribution in [3.63, 3.8) is 0 Å². The number of amides is 1. The van der Waals surface area contributed by atoms with Gasteiger partial charge in [0.1, 0.15) is 12.4 Å². The number of piperazine rings is 1. The predicted molar refractivity (Wildman–Crippen MR) is 104 cm³/mol. The number of carbonyl (C=O) groups is 1. The Bertz CT molecular complexity index is 861. The van der Waals surface area contributed by atoms with Crippen LogP contribution in [0, 0.1) is 5.82 Å². The number of nitrogens with zero attached hydrogens (tertiary/aromatic N) is 2. The normalized spacial score (nSPS) is 22.2. The molecule has 1 saturated heterocycles. The minimum Gasteiger partial charge on any atom is -0.485 e. The van der Waals surface area contributed by atoms with Gasteiger partial charge in [-0.15, -0.1) is 0 Å². The summed E-state index contributed by atoms with van der Waals surface area (Å²) in [6.45, 7) is 5.08. The van der Waals surface area contributed by atoms with Gasteiger partial charge >= 0.3 is 0 Å². The molecule has 0 bridgehead atoms. The van der Waals surface area contributed by atoms with Crippen molar-refractivity contribution in [3.05, 3.63) is 58.9 Å². The van der Waals surface area contributed by atoms with Crippen LogP contribution in [0.3, 0.4) is 0 Å². The standard InChI is InChI=1S/C21H22ClFN2O3/c1-14-11-24(12-15-2-5-17(23)6-3-15)8-9-25(14)21(26)20-13-27-19-10-16(22)4-7-18(19)28-20/h2-7,10,14,20H,8-9,11-13H2,1H3/t14-,20?/m1/s1. The fraction of sp³-hybridized carbons (Fsp3) is 0.381. The van der Waals surface area contributed by atoms with Crippen LogP contribution in [-0.4, -0.2) is 54.1 Å². The van der Waals surface area contributed by atoms with Crippen LogP contribution in [0.25, 0.3) is 0 Å². The average molecular weight is 405 g/mol. The Kier molecular flexibility index (Phi) is 5.42. The van der Waals surface area contributed by atoms with Crippen LogP contribution in [0.5, 0.6) is 11.5 Å². The first-order chi connectivity index (χ1) is 13.5. The fourth-order valence-electron chi connectivity index (χ4n) is 3.70. The van der Waals surface area contributed by atoms with Gasteiger partial charge in [-0.05, 0) is 36.8 Å². The molecule has 2 aliphatic heterocycles. The molecule has 148 valence electrons. The van der Waals surface area contributed by atoms with Crippen LogP contribution in [0.4, 0.5) is 4.39 Å². The van der Waals surface area contributed by atoms with Gasteiger partial charge in [0.15, 0.2) is 11.5 Å². The van der Waals surface area contributed by atoms with E-state index in [1.807, 2.05) is 11.8 Å². The van der Waals surface area contributed by atoms with Gasteiger partial charge in [-0.25, -0.2) is 4.39 Å². The van der Waals surface area contributed by atoms with Crippen molar-refractivity contribution in [3.8, 4) is 11.5 Å². The summed E-state index contributed by atoms with van der Waals surface area (Å²) in [7, 11) is 0. The summed E-state index contributed by atoms with van der Waals surface area (Å²) < 4.78 is 24.6. The van der Waals surface area contributed by atoms with Crippen LogP contribution in [0.2, 0.25) is 5.02 Å². The largest absolute Gasteiger partial charge is 0.485 e. The van der Waals surface area contributed by atoms with E-state index in [9.17, 15) is 9.18 Å². The monoisotopic (exact) mass is 404 g/mol. The number of fused-ring (bicyclic) bond motifs is 1. The van der Waals surface area contributed by atoms with Crippen molar-refractivity contribution in [2.24, 2.45) is 0 Å². The lowest BCUT2D eigenvalue weighted by Gasteiger charge is -2.41. The lowest BCUT2D eigenvalue weighted by Crippen LogP contribution is -2.57. The van der Waals surface area contributed by atoms with Gasteiger partial charge in [0, 0.05) is 43.3 Å². The number of carbonyl (C=O) groups excluding carboxylic acids is 1. The average Bonchev–Trinajstić information content (AvgIpc) is 2.69. The van der Waals surface area contributed by atoms with E-state index in [2.05, 4.69) is 4.90 Å². The minimum atomic E-state index is -0.653. The Morgan fingerprint density at radius 3 is 2.71 bits per heavy atom. The molecule has 2 heterocycles. The third kappa shape index (κ3) is 4.08. The Labute approximate surface area is 168 Å². The van der Waals surface area contributed by atoms with Crippen LogP contribution >= 0.6 is 11.6 Å². The van der Waals surface area contributed by atoms with Gasteiger partial charge < -0.3 is 14.4 Å². The maximum absolute atomic E-state index is 13.1. The number of ether oxygens (including phenoxy) is 2. The van der Waals surface area contributed by atoms with Crippen LogP contribution in [0.1, 0.15) is 12.5 Å². The topological polar surface area (TPSA) is 42.0 Å². The van der Waals surface area contributed by atoms with Gasteiger partial charge in [0.05, 0.1) is 0 Å². The molecule has 0 radical (unpaired) electrons. The third-order valence-corrected chi connectivity index (χ3v) is 5.39. The molecule has 0 aliphatic carbocycles. The van der Waals surface area contributed by atoms with E-state index in [1.165, 1.54) is 12.1 Å². The third-order valence-electron chi connectivity index (χ3n) is 5.15. The van der Waals surface area contributed by atoms with E-state index in [-0.39, 0.29) is 24.4 Å². The second kappa shape index (κ2) is 7.97. The first-order valence-corrected chi connectivity index (χ1v) is 9.73. The fourth-order valence-corrected chi connectivity index (χ4v) is 3.87. The molecule has 28 heavy (non-hydrogen) atoms. The molecule has 0 N–H and O–H groups in total. The van der Waals surface area contributed by atoms with E-state index in [0.29, 0.717) is 23.1 Å². The second-order valence-electron chi connectivity index (χ2n) is 7.25. The van der Waals surface area contributed by atoms with Crippen molar-refractivity contribution in [2.45, 2.75) is 25.6 Å². The summed E-state index contributed by atoms with van der Waals surface area (Å²) in [4.78, 5) is 17.1. The molecule has 2 aromatic carbocycles. The molecular formula is C21H22ClFN2O3. The van der Waals surface area contributed by atoms with E-state index < -0.39 is 6.10 Å². The predicted octanol–water partition coefficient (Wildman–Crippen LogP) is 3.35. The number of hydrogen-bond donors (Lipinski definition) is 0. The molecule has 7 heteroatoms. The van der Waals surface area contributed by atoms with Crippen LogP contribution in [0.15, 0.2) is 42.5 Å². The lowest BCUT2D eigenvalue weighted by atomic mass is 10.1. The Balaban J connectivity index is 1.36. The quantitative estimate of drug-likeness (QED) is 0.786. The molecule has 0 saturated carbocycles. The minimum absolute atomic E-state index is 0.0527. The highest BCUT2D eigenvalue weighted by Crippen LogP contribution is 2.34. The van der Waals surface area contributed by atoms with Crippen LogP contribution < -0.4 is 9.47 Å². The number of hydrogen-bond acceptors (Lipinski definition) is 4. The molecular weight excluding hydrogens is 383 g/mol. The Morgan fingerprint density at radius 2 is 1.96 bits per heavy atom. The molecule has 2 aliphatic rings. The van der Waals surface area contributed by atoms with Gasteiger partial charge in [-0.1, -0.05) is 23.7 Å². The molecule has 0 aromatic heterocycles. The van der Waals surface area contributed by atoms with Gasteiger partial charge in [0.25, 0.3) is 5.91 Å². The van der Waals surface area contributed by atoms with E-state index in [0.717, 1.165) is 25.2 Å². The van der Waals surface area contributed by atoms with Crippen LogP contribution in [-0.2, 0) is 11.3 Å². The lowest BCUT2D eigenvalue weighted by molar-refractivity contribution is -0.145. The van der Waals surface area contributed by atoms with Gasteiger partial charge in [-0.3, -0.25) is 9.69 Å². The molecule has 0 spiro atoms. The highest BCUT2D eigenvalue weighted by atomic mass is 35.5. The summed E-state index contributed by atoms with van der Waals surface area (Å²) in [5.41, 5.74) is 1.06. The van der Waals surface area contributed by atoms with E-state index >= 15 is 0 Å². The van der Waals surface area contributed by atoms with Crippen molar-refractivity contribution in [1.29, 1.82) is 0 Å². The first-order valence-electron chi connectivity index (χ1n) is 9.36. The van der Waals surface area contributed by atoms with Crippen molar-refractivity contribution in [1.82, 2.24) is 9.80 Å². The van der Waals surface area contributed by atoms with Crippen molar-refractivity contribution < 1.29 is 18.7 Å². The first kappa shape index (κ1) is 19.0. The van der Waals surface area contributed by atoms with Gasteiger partial charge in [-0.2, -0.15) is 0 Å². The number of rotatable bonds is 3. The molecule has 4 rings (SSSR count). The van der Waals surface area contributed by atoms with E-state index in [1.54, 1.807) is 30.3 Å². The summed E-state index contributed by atoms with van der Waals surface area (Å²) in [6, 6.07) is 11.7. The maximum atomic E-state index is 13.1. The number of halogens is 2. The number of benzene rings is 2. The molecule has 2 atom stereocenters. The summed E-state index contributed by atoms with van der Waals surface area (Å²) in [5, 5.41) is 0.568. The summed E-state index contributed by atoms with van der Waals surface area (Å²) >= 11 is 5.96. The highest BCUT2D eigenvalue weighted by Gasteiger charge is 2.35. The Morgan fingerprint density at radius 1 is 1.18 bits per heavy atom. The zero-order valence-electron chi connectivity index (χ0n) is 15.6. The molecule has 1 amide bonds. The molecule has 1 unspecified atom stereocenters. The zero-order chi connectivity index (χ0) is 19.7. The Hall–Kier alpha value is -2.31.